The highest BCUT2D eigenvalue weighted by Crippen LogP contribution is 2.11. The molecule has 2 aromatic rings. The van der Waals surface area contributed by atoms with Crippen LogP contribution in [0, 0.1) is 0 Å². The summed E-state index contributed by atoms with van der Waals surface area (Å²) in [5.41, 5.74) is 1.95. The lowest BCUT2D eigenvalue weighted by atomic mass is 10.1. The van der Waals surface area contributed by atoms with Gasteiger partial charge in [-0.05, 0) is 29.3 Å². The molecule has 19 heavy (non-hydrogen) atoms. The van der Waals surface area contributed by atoms with E-state index in [0.717, 1.165) is 16.9 Å². The van der Waals surface area contributed by atoms with Gasteiger partial charge in [0.25, 0.3) is 0 Å². The highest BCUT2D eigenvalue weighted by molar-refractivity contribution is 5.78. The van der Waals surface area contributed by atoms with Crippen LogP contribution in [0.3, 0.4) is 0 Å². The number of nitrogens with one attached hydrogen (secondary N) is 1. The Morgan fingerprint density at radius 2 is 2.00 bits per heavy atom. The molecule has 98 valence electrons. The summed E-state index contributed by atoms with van der Waals surface area (Å²) in [5, 5.41) is 2.87. The maximum Gasteiger partial charge on any atom is 0.224 e. The summed E-state index contributed by atoms with van der Waals surface area (Å²) >= 11 is 0. The summed E-state index contributed by atoms with van der Waals surface area (Å²) in [6.45, 7) is 0.503. The van der Waals surface area contributed by atoms with Gasteiger partial charge in [-0.2, -0.15) is 0 Å². The molecular formula is C15H16N2O2. The first-order valence-corrected chi connectivity index (χ1v) is 6.06. The first kappa shape index (κ1) is 13.1. The zero-order valence-corrected chi connectivity index (χ0v) is 10.8. The standard InChI is InChI=1S/C15H16N2O2/c1-19-14-6-4-12(5-7-14)9-15(18)17-11-13-3-2-8-16-10-13/h2-8,10H,9,11H2,1H3,(H,17,18). The van der Waals surface area contributed by atoms with Crippen LogP contribution in [0.4, 0.5) is 0 Å². The van der Waals surface area contributed by atoms with Crippen LogP contribution < -0.4 is 10.1 Å². The lowest BCUT2D eigenvalue weighted by Gasteiger charge is -2.06. The van der Waals surface area contributed by atoms with Gasteiger partial charge in [-0.1, -0.05) is 18.2 Å². The fraction of sp³-hybridized carbons (Fsp3) is 0.200. The molecule has 1 aromatic carbocycles. The average Bonchev–Trinajstić information content (AvgIpc) is 2.47. The van der Waals surface area contributed by atoms with Crippen LogP contribution in [-0.2, 0) is 17.8 Å². The second-order valence-electron chi connectivity index (χ2n) is 4.16. The Morgan fingerprint density at radius 1 is 1.21 bits per heavy atom. The van der Waals surface area contributed by atoms with Gasteiger partial charge in [-0.15, -0.1) is 0 Å². The number of amides is 1. The highest BCUT2D eigenvalue weighted by Gasteiger charge is 2.03. The number of pyridine rings is 1. The number of nitrogens with zero attached hydrogens (tertiary/aromatic N) is 1. The Labute approximate surface area is 112 Å². The van der Waals surface area contributed by atoms with Gasteiger partial charge in [0.1, 0.15) is 5.75 Å². The van der Waals surface area contributed by atoms with Crippen molar-refractivity contribution in [2.75, 3.05) is 7.11 Å². The lowest BCUT2D eigenvalue weighted by molar-refractivity contribution is -0.120. The number of hydrogen-bond donors (Lipinski definition) is 1. The number of carbonyl (C=O) groups is 1. The maximum atomic E-state index is 11.8. The molecule has 0 spiro atoms. The predicted molar refractivity (Wildman–Crippen MR) is 72.8 cm³/mol. The van der Waals surface area contributed by atoms with Crippen molar-refractivity contribution in [3.05, 3.63) is 59.9 Å². The van der Waals surface area contributed by atoms with Gasteiger partial charge in [0, 0.05) is 18.9 Å². The van der Waals surface area contributed by atoms with Crippen molar-refractivity contribution in [2.45, 2.75) is 13.0 Å². The molecule has 0 radical (unpaired) electrons. The van der Waals surface area contributed by atoms with Crippen molar-refractivity contribution < 1.29 is 9.53 Å². The van der Waals surface area contributed by atoms with Crippen LogP contribution in [0.15, 0.2) is 48.8 Å². The van der Waals surface area contributed by atoms with Crippen molar-refractivity contribution >= 4 is 5.91 Å². The van der Waals surface area contributed by atoms with Crippen molar-refractivity contribution in [3.8, 4) is 5.75 Å². The quantitative estimate of drug-likeness (QED) is 0.889. The lowest BCUT2D eigenvalue weighted by Crippen LogP contribution is -2.24. The third-order valence-electron chi connectivity index (χ3n) is 2.74. The van der Waals surface area contributed by atoms with Crippen molar-refractivity contribution in [1.82, 2.24) is 10.3 Å². The molecular weight excluding hydrogens is 240 g/mol. The van der Waals surface area contributed by atoms with E-state index >= 15 is 0 Å². The summed E-state index contributed by atoms with van der Waals surface area (Å²) in [6, 6.07) is 11.3. The number of carbonyl (C=O) groups excluding carboxylic acids is 1. The van der Waals surface area contributed by atoms with Crippen LogP contribution in [0.2, 0.25) is 0 Å². The number of hydrogen-bond acceptors (Lipinski definition) is 3. The molecule has 0 unspecified atom stereocenters. The zero-order chi connectivity index (χ0) is 13.5. The molecule has 0 atom stereocenters. The normalized spacial score (nSPS) is 9.95. The van der Waals surface area contributed by atoms with Gasteiger partial charge in [0.15, 0.2) is 0 Å². The number of benzene rings is 1. The number of methoxy groups -OCH3 is 1. The van der Waals surface area contributed by atoms with Crippen LogP contribution >= 0.6 is 0 Å². The fourth-order valence-electron chi connectivity index (χ4n) is 1.69. The molecule has 1 aromatic heterocycles. The molecule has 0 saturated heterocycles. The van der Waals surface area contributed by atoms with E-state index in [2.05, 4.69) is 10.3 Å². The maximum absolute atomic E-state index is 11.8. The molecule has 1 N–H and O–H groups in total. The topological polar surface area (TPSA) is 51.2 Å². The molecule has 0 aliphatic rings. The third-order valence-corrected chi connectivity index (χ3v) is 2.74. The molecule has 1 heterocycles. The second-order valence-corrected chi connectivity index (χ2v) is 4.16. The molecule has 0 fully saturated rings. The molecule has 1 amide bonds. The van der Waals surface area contributed by atoms with E-state index in [9.17, 15) is 4.79 Å². The van der Waals surface area contributed by atoms with E-state index in [1.807, 2.05) is 36.4 Å². The monoisotopic (exact) mass is 256 g/mol. The Hall–Kier alpha value is -2.36. The summed E-state index contributed by atoms with van der Waals surface area (Å²) < 4.78 is 5.07. The van der Waals surface area contributed by atoms with E-state index < -0.39 is 0 Å². The minimum absolute atomic E-state index is 0.00554. The Balaban J connectivity index is 1.83. The van der Waals surface area contributed by atoms with E-state index in [-0.39, 0.29) is 5.91 Å². The third kappa shape index (κ3) is 4.10. The highest BCUT2D eigenvalue weighted by atomic mass is 16.5. The van der Waals surface area contributed by atoms with Gasteiger partial charge in [0.2, 0.25) is 5.91 Å². The smallest absolute Gasteiger partial charge is 0.224 e. The van der Waals surface area contributed by atoms with Gasteiger partial charge >= 0.3 is 0 Å². The van der Waals surface area contributed by atoms with Crippen LogP contribution in [0.25, 0.3) is 0 Å². The average molecular weight is 256 g/mol. The zero-order valence-electron chi connectivity index (χ0n) is 10.8. The van der Waals surface area contributed by atoms with Crippen LogP contribution in [0.1, 0.15) is 11.1 Å². The SMILES string of the molecule is COc1ccc(CC(=O)NCc2cccnc2)cc1. The first-order valence-electron chi connectivity index (χ1n) is 6.06. The summed E-state index contributed by atoms with van der Waals surface area (Å²) in [7, 11) is 1.62. The van der Waals surface area contributed by atoms with Gasteiger partial charge < -0.3 is 10.1 Å². The molecule has 0 bridgehead atoms. The summed E-state index contributed by atoms with van der Waals surface area (Å²) in [4.78, 5) is 15.8. The molecule has 2 rings (SSSR count). The molecule has 4 nitrogen and oxygen atoms in total. The van der Waals surface area contributed by atoms with E-state index in [0.29, 0.717) is 13.0 Å². The van der Waals surface area contributed by atoms with E-state index in [1.54, 1.807) is 19.5 Å². The predicted octanol–water partition coefficient (Wildman–Crippen LogP) is 1.95. The molecule has 0 saturated carbocycles. The van der Waals surface area contributed by atoms with Crippen molar-refractivity contribution in [3.63, 3.8) is 0 Å². The minimum atomic E-state index is -0.00554. The fourth-order valence-corrected chi connectivity index (χ4v) is 1.69. The van der Waals surface area contributed by atoms with E-state index in [4.69, 9.17) is 4.74 Å². The van der Waals surface area contributed by atoms with Gasteiger partial charge in [-0.3, -0.25) is 9.78 Å². The Kier molecular flexibility index (Phi) is 4.50. The van der Waals surface area contributed by atoms with Gasteiger partial charge in [0.05, 0.1) is 13.5 Å². The summed E-state index contributed by atoms with van der Waals surface area (Å²) in [6.07, 6.45) is 3.82. The van der Waals surface area contributed by atoms with Gasteiger partial charge in [-0.25, -0.2) is 0 Å². The molecule has 0 aliphatic carbocycles. The minimum Gasteiger partial charge on any atom is -0.497 e. The van der Waals surface area contributed by atoms with Crippen LogP contribution in [-0.4, -0.2) is 18.0 Å². The number of aromatic nitrogens is 1. The number of ether oxygens (including phenoxy) is 1. The largest absolute Gasteiger partial charge is 0.497 e. The van der Waals surface area contributed by atoms with E-state index in [1.165, 1.54) is 0 Å². The molecule has 0 aliphatic heterocycles. The first-order chi connectivity index (χ1) is 9.28. The number of rotatable bonds is 5. The Bertz CT molecular complexity index is 524. The molecule has 4 heteroatoms. The van der Waals surface area contributed by atoms with Crippen molar-refractivity contribution in [1.29, 1.82) is 0 Å². The summed E-state index contributed by atoms with van der Waals surface area (Å²) in [5.74, 6) is 0.786. The Morgan fingerprint density at radius 3 is 2.63 bits per heavy atom. The second kappa shape index (κ2) is 6.54. The van der Waals surface area contributed by atoms with Crippen LogP contribution in [0.5, 0.6) is 5.75 Å². The van der Waals surface area contributed by atoms with Crippen molar-refractivity contribution in [2.24, 2.45) is 0 Å².